The van der Waals surface area contributed by atoms with Crippen molar-refractivity contribution in [2.24, 2.45) is 0 Å². The Morgan fingerprint density at radius 2 is 1.87 bits per heavy atom. The second kappa shape index (κ2) is 7.38. The first-order valence-electron chi connectivity index (χ1n) is 7.93. The Bertz CT molecular complexity index is 659. The molecule has 0 spiro atoms. The number of benzene rings is 2. The minimum absolute atomic E-state index is 0.0322. The molecule has 1 heterocycles. The van der Waals surface area contributed by atoms with Gasteiger partial charge in [-0.2, -0.15) is 0 Å². The largest absolute Gasteiger partial charge is 0.372 e. The van der Waals surface area contributed by atoms with Gasteiger partial charge in [0.05, 0.1) is 12.7 Å². The van der Waals surface area contributed by atoms with Crippen LogP contribution in [0, 0.1) is 5.82 Å². The maximum atomic E-state index is 13.6. The second-order valence-corrected chi connectivity index (χ2v) is 5.78. The molecule has 0 N–H and O–H groups in total. The van der Waals surface area contributed by atoms with Gasteiger partial charge in [0.25, 0.3) is 5.91 Å². The van der Waals surface area contributed by atoms with Crippen LogP contribution in [-0.4, -0.2) is 30.0 Å². The average molecular weight is 313 g/mol. The van der Waals surface area contributed by atoms with Crippen molar-refractivity contribution in [2.45, 2.75) is 25.6 Å². The van der Waals surface area contributed by atoms with E-state index in [1.165, 1.54) is 6.07 Å². The third-order valence-electron chi connectivity index (χ3n) is 4.12. The molecule has 1 fully saturated rings. The lowest BCUT2D eigenvalue weighted by molar-refractivity contribution is -0.00761. The summed E-state index contributed by atoms with van der Waals surface area (Å²) in [5, 5.41) is 0. The Morgan fingerprint density at radius 1 is 1.13 bits per heavy atom. The first-order chi connectivity index (χ1) is 11.2. The summed E-state index contributed by atoms with van der Waals surface area (Å²) in [4.78, 5) is 14.3. The summed E-state index contributed by atoms with van der Waals surface area (Å²) in [5.41, 5.74) is 1.25. The highest BCUT2D eigenvalue weighted by atomic mass is 19.1. The molecular weight excluding hydrogens is 293 g/mol. The number of nitrogens with zero attached hydrogens (tertiary/aromatic N) is 1. The molecule has 1 aliphatic heterocycles. The lowest BCUT2D eigenvalue weighted by Gasteiger charge is -2.32. The highest BCUT2D eigenvalue weighted by molar-refractivity contribution is 5.94. The summed E-state index contributed by atoms with van der Waals surface area (Å²) in [7, 11) is 0. The number of piperidine rings is 1. The number of hydrogen-bond donors (Lipinski definition) is 0. The topological polar surface area (TPSA) is 29.5 Å². The van der Waals surface area contributed by atoms with Crippen LogP contribution in [0.3, 0.4) is 0 Å². The van der Waals surface area contributed by atoms with Crippen molar-refractivity contribution >= 4 is 5.91 Å². The molecule has 0 bridgehead atoms. The fourth-order valence-corrected chi connectivity index (χ4v) is 2.85. The van der Waals surface area contributed by atoms with Gasteiger partial charge in [0.15, 0.2) is 0 Å². The summed E-state index contributed by atoms with van der Waals surface area (Å²) in [6, 6.07) is 15.9. The van der Waals surface area contributed by atoms with Gasteiger partial charge in [-0.15, -0.1) is 0 Å². The number of amides is 1. The molecule has 3 nitrogen and oxygen atoms in total. The van der Waals surface area contributed by atoms with Crippen LogP contribution in [0.4, 0.5) is 4.39 Å². The molecule has 1 saturated heterocycles. The molecule has 1 amide bonds. The molecule has 1 aliphatic rings. The normalized spacial score (nSPS) is 18.0. The lowest BCUT2D eigenvalue weighted by Crippen LogP contribution is -2.43. The summed E-state index contributed by atoms with van der Waals surface area (Å²) in [6.07, 6.45) is 1.75. The first-order valence-corrected chi connectivity index (χ1v) is 7.93. The van der Waals surface area contributed by atoms with Gasteiger partial charge in [0.2, 0.25) is 0 Å². The highest BCUT2D eigenvalue weighted by Crippen LogP contribution is 2.18. The number of halogens is 1. The molecule has 2 aromatic rings. The van der Waals surface area contributed by atoms with Gasteiger partial charge in [0.1, 0.15) is 5.82 Å². The number of ether oxygens (including phenoxy) is 1. The summed E-state index contributed by atoms with van der Waals surface area (Å²) in [6.45, 7) is 1.54. The van der Waals surface area contributed by atoms with Crippen LogP contribution in [0.15, 0.2) is 54.6 Å². The smallest absolute Gasteiger partial charge is 0.253 e. The van der Waals surface area contributed by atoms with Crippen LogP contribution >= 0.6 is 0 Å². The number of carbonyl (C=O) groups excluding carboxylic acids is 1. The molecule has 0 aromatic heterocycles. The van der Waals surface area contributed by atoms with Crippen LogP contribution < -0.4 is 0 Å². The van der Waals surface area contributed by atoms with Crippen molar-refractivity contribution in [3.05, 3.63) is 71.5 Å². The lowest BCUT2D eigenvalue weighted by atomic mass is 10.1. The van der Waals surface area contributed by atoms with E-state index < -0.39 is 0 Å². The number of hydrogen-bond acceptors (Lipinski definition) is 2. The van der Waals surface area contributed by atoms with Crippen molar-refractivity contribution < 1.29 is 13.9 Å². The van der Waals surface area contributed by atoms with Crippen molar-refractivity contribution in [3.63, 3.8) is 0 Å². The Kier molecular flexibility index (Phi) is 5.03. The Morgan fingerprint density at radius 3 is 2.65 bits per heavy atom. The fourth-order valence-electron chi connectivity index (χ4n) is 2.85. The monoisotopic (exact) mass is 313 g/mol. The first kappa shape index (κ1) is 15.7. The average Bonchev–Trinajstić information content (AvgIpc) is 2.61. The quantitative estimate of drug-likeness (QED) is 0.862. The van der Waals surface area contributed by atoms with Gasteiger partial charge >= 0.3 is 0 Å². The van der Waals surface area contributed by atoms with Crippen molar-refractivity contribution in [1.29, 1.82) is 0 Å². The SMILES string of the molecule is O=C(c1ccccc1)N1CCC[C@@H](OCc2ccccc2F)C1. The van der Waals surface area contributed by atoms with Crippen LogP contribution in [0.5, 0.6) is 0 Å². The molecule has 2 aromatic carbocycles. The van der Waals surface area contributed by atoms with Gasteiger partial charge in [-0.1, -0.05) is 36.4 Å². The van der Waals surface area contributed by atoms with E-state index in [2.05, 4.69) is 0 Å². The van der Waals surface area contributed by atoms with E-state index in [0.29, 0.717) is 17.7 Å². The Labute approximate surface area is 135 Å². The number of likely N-dealkylation sites (tertiary alicyclic amines) is 1. The van der Waals surface area contributed by atoms with Crippen molar-refractivity contribution in [3.8, 4) is 0 Å². The van der Waals surface area contributed by atoms with E-state index in [9.17, 15) is 9.18 Å². The van der Waals surface area contributed by atoms with Crippen LogP contribution in [0.25, 0.3) is 0 Å². The van der Waals surface area contributed by atoms with Crippen LogP contribution in [0.1, 0.15) is 28.8 Å². The maximum absolute atomic E-state index is 13.6. The van der Waals surface area contributed by atoms with E-state index in [4.69, 9.17) is 4.74 Å². The summed E-state index contributed by atoms with van der Waals surface area (Å²) >= 11 is 0. The molecule has 120 valence electrons. The third-order valence-corrected chi connectivity index (χ3v) is 4.12. The molecule has 1 atom stereocenters. The Hall–Kier alpha value is -2.20. The maximum Gasteiger partial charge on any atom is 0.253 e. The van der Waals surface area contributed by atoms with E-state index >= 15 is 0 Å². The summed E-state index contributed by atoms with van der Waals surface area (Å²) in [5.74, 6) is -0.217. The molecule has 3 rings (SSSR count). The minimum Gasteiger partial charge on any atom is -0.372 e. The minimum atomic E-state index is -0.250. The van der Waals surface area contributed by atoms with Gasteiger partial charge < -0.3 is 9.64 Å². The van der Waals surface area contributed by atoms with Crippen molar-refractivity contribution in [2.75, 3.05) is 13.1 Å². The predicted octanol–water partition coefficient (Wildman–Crippen LogP) is 3.65. The van der Waals surface area contributed by atoms with E-state index in [-0.39, 0.29) is 24.4 Å². The van der Waals surface area contributed by atoms with Gasteiger partial charge in [-0.05, 0) is 31.0 Å². The number of rotatable bonds is 4. The summed E-state index contributed by atoms with van der Waals surface area (Å²) < 4.78 is 19.5. The van der Waals surface area contributed by atoms with E-state index in [1.807, 2.05) is 35.2 Å². The molecular formula is C19H20FNO2. The van der Waals surface area contributed by atoms with E-state index in [1.54, 1.807) is 18.2 Å². The van der Waals surface area contributed by atoms with Crippen LogP contribution in [0.2, 0.25) is 0 Å². The standard InChI is InChI=1S/C19H20FNO2/c20-18-11-5-4-9-16(18)14-23-17-10-6-12-21(13-17)19(22)15-7-2-1-3-8-15/h1-5,7-9,11,17H,6,10,12-14H2/t17-/m1/s1. The molecule has 0 radical (unpaired) electrons. The van der Waals surface area contributed by atoms with Crippen molar-refractivity contribution in [1.82, 2.24) is 4.90 Å². The van der Waals surface area contributed by atoms with Gasteiger partial charge in [0, 0.05) is 24.2 Å². The van der Waals surface area contributed by atoms with Gasteiger partial charge in [-0.3, -0.25) is 4.79 Å². The molecule has 0 unspecified atom stereocenters. The fraction of sp³-hybridized carbons (Fsp3) is 0.316. The predicted molar refractivity (Wildman–Crippen MR) is 86.6 cm³/mol. The molecule has 4 heteroatoms. The van der Waals surface area contributed by atoms with E-state index in [0.717, 1.165) is 19.4 Å². The highest BCUT2D eigenvalue weighted by Gasteiger charge is 2.25. The number of carbonyl (C=O) groups is 1. The Balaban J connectivity index is 1.58. The second-order valence-electron chi connectivity index (χ2n) is 5.78. The molecule has 23 heavy (non-hydrogen) atoms. The zero-order chi connectivity index (χ0) is 16.1. The zero-order valence-corrected chi connectivity index (χ0v) is 13.0. The molecule has 0 saturated carbocycles. The zero-order valence-electron chi connectivity index (χ0n) is 13.0. The van der Waals surface area contributed by atoms with Gasteiger partial charge in [-0.25, -0.2) is 4.39 Å². The van der Waals surface area contributed by atoms with Crippen LogP contribution in [-0.2, 0) is 11.3 Å². The molecule has 0 aliphatic carbocycles. The third kappa shape index (κ3) is 3.96.